The van der Waals surface area contributed by atoms with Crippen LogP contribution in [0.25, 0.3) is 0 Å². The van der Waals surface area contributed by atoms with Crippen molar-refractivity contribution in [1.29, 1.82) is 0 Å². The molecular weight excluding hydrogens is 309 g/mol. The van der Waals surface area contributed by atoms with Crippen molar-refractivity contribution >= 4 is 17.8 Å². The second kappa shape index (κ2) is 7.50. The molecule has 0 bridgehead atoms. The van der Waals surface area contributed by atoms with E-state index in [1.165, 1.54) is 12.1 Å². The molecule has 1 aromatic heterocycles. The van der Waals surface area contributed by atoms with Gasteiger partial charge in [0.25, 0.3) is 5.91 Å². The molecule has 0 aliphatic carbocycles. The molecule has 8 heteroatoms. The van der Waals surface area contributed by atoms with Crippen LogP contribution in [0.4, 0.5) is 18.9 Å². The number of carbonyl (C=O) groups is 1. The Kier molecular flexibility index (Phi) is 5.42. The van der Waals surface area contributed by atoms with Crippen molar-refractivity contribution in [3.05, 3.63) is 59.9 Å². The van der Waals surface area contributed by atoms with Gasteiger partial charge in [0.2, 0.25) is 0 Å². The molecule has 5 nitrogen and oxygen atoms in total. The Morgan fingerprint density at radius 2 is 1.96 bits per heavy atom. The number of amides is 1. The highest BCUT2D eigenvalue weighted by molar-refractivity contribution is 6.26. The SMILES string of the molecule is O=C(C=Nc1cccc(C(F)(F)F)c1)NNCc1ccncc1. The second-order valence-corrected chi connectivity index (χ2v) is 4.50. The van der Waals surface area contributed by atoms with Crippen LogP contribution < -0.4 is 10.9 Å². The van der Waals surface area contributed by atoms with Crippen LogP contribution in [0.3, 0.4) is 0 Å². The van der Waals surface area contributed by atoms with Crippen molar-refractivity contribution in [2.24, 2.45) is 4.99 Å². The molecule has 2 aromatic rings. The van der Waals surface area contributed by atoms with Gasteiger partial charge in [0, 0.05) is 18.9 Å². The third-order valence-electron chi connectivity index (χ3n) is 2.76. The smallest absolute Gasteiger partial charge is 0.286 e. The third kappa shape index (κ3) is 5.51. The van der Waals surface area contributed by atoms with Crippen LogP contribution in [0, 0.1) is 0 Å². The number of halogens is 3. The van der Waals surface area contributed by atoms with Gasteiger partial charge in [0.1, 0.15) is 0 Å². The number of hydrazine groups is 1. The fraction of sp³-hybridized carbons (Fsp3) is 0.133. The van der Waals surface area contributed by atoms with Crippen molar-refractivity contribution in [2.45, 2.75) is 12.7 Å². The Hall–Kier alpha value is -2.74. The maximum Gasteiger partial charge on any atom is 0.416 e. The molecule has 0 aliphatic heterocycles. The fourth-order valence-corrected chi connectivity index (χ4v) is 1.66. The van der Waals surface area contributed by atoms with Crippen LogP contribution in [0.15, 0.2) is 53.8 Å². The summed E-state index contributed by atoms with van der Waals surface area (Å²) in [6.07, 6.45) is -0.295. The lowest BCUT2D eigenvalue weighted by Gasteiger charge is -2.06. The number of rotatable bonds is 5. The van der Waals surface area contributed by atoms with Gasteiger partial charge < -0.3 is 0 Å². The summed E-state index contributed by atoms with van der Waals surface area (Å²) in [7, 11) is 0. The standard InChI is InChI=1S/C15H13F3N4O/c16-15(17,18)12-2-1-3-13(8-12)20-10-14(23)22-21-9-11-4-6-19-7-5-11/h1-8,10,21H,9H2,(H,22,23). The monoisotopic (exact) mass is 322 g/mol. The Morgan fingerprint density at radius 3 is 2.65 bits per heavy atom. The number of carbonyl (C=O) groups excluding carboxylic acids is 1. The van der Waals surface area contributed by atoms with E-state index >= 15 is 0 Å². The Balaban J connectivity index is 1.86. The maximum absolute atomic E-state index is 12.5. The summed E-state index contributed by atoms with van der Waals surface area (Å²) in [6, 6.07) is 7.97. The molecule has 1 heterocycles. The fourth-order valence-electron chi connectivity index (χ4n) is 1.66. The minimum Gasteiger partial charge on any atom is -0.286 e. The van der Waals surface area contributed by atoms with Gasteiger partial charge in [-0.2, -0.15) is 13.2 Å². The van der Waals surface area contributed by atoms with Gasteiger partial charge in [0.05, 0.1) is 17.5 Å². The molecule has 0 unspecified atom stereocenters. The first-order chi connectivity index (χ1) is 10.9. The first kappa shape index (κ1) is 16.6. The zero-order chi connectivity index (χ0) is 16.7. The van der Waals surface area contributed by atoms with Gasteiger partial charge in [-0.1, -0.05) is 6.07 Å². The zero-order valence-corrected chi connectivity index (χ0v) is 11.8. The molecule has 1 amide bonds. The van der Waals surface area contributed by atoms with E-state index in [-0.39, 0.29) is 5.69 Å². The van der Waals surface area contributed by atoms with Gasteiger partial charge in [-0.15, -0.1) is 0 Å². The molecular formula is C15H13F3N4O. The van der Waals surface area contributed by atoms with Crippen LogP contribution in [0.5, 0.6) is 0 Å². The Bertz CT molecular complexity index is 687. The van der Waals surface area contributed by atoms with Crippen molar-refractivity contribution in [2.75, 3.05) is 0 Å². The van der Waals surface area contributed by atoms with Crippen LogP contribution in [0.2, 0.25) is 0 Å². The van der Waals surface area contributed by atoms with E-state index in [0.717, 1.165) is 23.9 Å². The molecule has 23 heavy (non-hydrogen) atoms. The number of aromatic nitrogens is 1. The lowest BCUT2D eigenvalue weighted by molar-refractivity contribution is -0.137. The minimum atomic E-state index is -4.44. The predicted octanol–water partition coefficient (Wildman–Crippen LogP) is 2.62. The number of alkyl halides is 3. The highest BCUT2D eigenvalue weighted by Gasteiger charge is 2.30. The Labute approximate surface area is 130 Å². The molecule has 0 saturated carbocycles. The molecule has 0 aliphatic rings. The molecule has 2 N–H and O–H groups in total. The molecule has 1 aromatic carbocycles. The van der Waals surface area contributed by atoms with E-state index in [0.29, 0.717) is 6.54 Å². The second-order valence-electron chi connectivity index (χ2n) is 4.50. The number of pyridine rings is 1. The highest BCUT2D eigenvalue weighted by Crippen LogP contribution is 2.31. The topological polar surface area (TPSA) is 66.4 Å². The van der Waals surface area contributed by atoms with Gasteiger partial charge >= 0.3 is 6.18 Å². The van der Waals surface area contributed by atoms with E-state index < -0.39 is 17.6 Å². The summed E-state index contributed by atoms with van der Waals surface area (Å²) in [4.78, 5) is 19.1. The van der Waals surface area contributed by atoms with E-state index in [2.05, 4.69) is 20.8 Å². The van der Waals surface area contributed by atoms with Crippen LogP contribution >= 0.6 is 0 Å². The first-order valence-corrected chi connectivity index (χ1v) is 6.58. The van der Waals surface area contributed by atoms with E-state index in [1.54, 1.807) is 24.5 Å². The van der Waals surface area contributed by atoms with Crippen molar-refractivity contribution in [3.8, 4) is 0 Å². The van der Waals surface area contributed by atoms with E-state index in [9.17, 15) is 18.0 Å². The zero-order valence-electron chi connectivity index (χ0n) is 11.8. The largest absolute Gasteiger partial charge is 0.416 e. The number of nitrogens with one attached hydrogen (secondary N) is 2. The summed E-state index contributed by atoms with van der Waals surface area (Å²) in [5.74, 6) is -0.573. The number of hydrogen-bond donors (Lipinski definition) is 2. The van der Waals surface area contributed by atoms with Crippen molar-refractivity contribution < 1.29 is 18.0 Å². The summed E-state index contributed by atoms with van der Waals surface area (Å²) in [5.41, 5.74) is 5.18. The van der Waals surface area contributed by atoms with Crippen LogP contribution in [-0.4, -0.2) is 17.1 Å². The molecule has 0 spiro atoms. The van der Waals surface area contributed by atoms with E-state index in [4.69, 9.17) is 0 Å². The molecule has 120 valence electrons. The molecule has 2 rings (SSSR count). The lowest BCUT2D eigenvalue weighted by Crippen LogP contribution is -2.37. The highest BCUT2D eigenvalue weighted by atomic mass is 19.4. The molecule has 0 radical (unpaired) electrons. The number of aliphatic imine (C=N–C) groups is 1. The summed E-state index contributed by atoms with van der Waals surface area (Å²) in [5, 5.41) is 0. The van der Waals surface area contributed by atoms with E-state index in [1.807, 2.05) is 0 Å². The predicted molar refractivity (Wildman–Crippen MR) is 78.8 cm³/mol. The normalized spacial score (nSPS) is 11.6. The molecule has 0 atom stereocenters. The molecule has 0 saturated heterocycles. The maximum atomic E-state index is 12.5. The average Bonchev–Trinajstić information content (AvgIpc) is 2.53. The van der Waals surface area contributed by atoms with Crippen molar-refractivity contribution in [3.63, 3.8) is 0 Å². The Morgan fingerprint density at radius 1 is 1.22 bits per heavy atom. The number of benzene rings is 1. The average molecular weight is 322 g/mol. The first-order valence-electron chi connectivity index (χ1n) is 6.58. The summed E-state index contributed by atoms with van der Waals surface area (Å²) in [6.45, 7) is 0.381. The van der Waals surface area contributed by atoms with Gasteiger partial charge in [-0.3, -0.25) is 20.2 Å². The minimum absolute atomic E-state index is 0.0455. The lowest BCUT2D eigenvalue weighted by atomic mass is 10.2. The number of hydrogen-bond acceptors (Lipinski definition) is 4. The van der Waals surface area contributed by atoms with Gasteiger partial charge in [0.15, 0.2) is 0 Å². The van der Waals surface area contributed by atoms with Crippen molar-refractivity contribution in [1.82, 2.24) is 15.8 Å². The summed E-state index contributed by atoms with van der Waals surface area (Å²) >= 11 is 0. The summed E-state index contributed by atoms with van der Waals surface area (Å²) < 4.78 is 37.6. The van der Waals surface area contributed by atoms with Crippen LogP contribution in [0.1, 0.15) is 11.1 Å². The van der Waals surface area contributed by atoms with Gasteiger partial charge in [-0.05, 0) is 35.9 Å². The van der Waals surface area contributed by atoms with Gasteiger partial charge in [-0.25, -0.2) is 5.43 Å². The molecule has 0 fully saturated rings. The third-order valence-corrected chi connectivity index (χ3v) is 2.76. The quantitative estimate of drug-likeness (QED) is 0.657. The van der Waals surface area contributed by atoms with Crippen LogP contribution in [-0.2, 0) is 17.5 Å². The number of nitrogens with zero attached hydrogens (tertiary/aromatic N) is 2.